The molecule has 0 aromatic carbocycles. The summed E-state index contributed by atoms with van der Waals surface area (Å²) >= 11 is 0. The Bertz CT molecular complexity index is 601. The van der Waals surface area contributed by atoms with Gasteiger partial charge in [-0.05, 0) is 98.2 Å². The summed E-state index contributed by atoms with van der Waals surface area (Å²) < 4.78 is 0. The molecule has 0 bridgehead atoms. The van der Waals surface area contributed by atoms with E-state index >= 15 is 0 Å². The minimum atomic E-state index is -0.0611. The number of allylic oxidation sites excluding steroid dienone is 4. The molecule has 3 aliphatic rings. The highest BCUT2D eigenvalue weighted by Crippen LogP contribution is 2.56. The van der Waals surface area contributed by atoms with Gasteiger partial charge in [-0.25, -0.2) is 0 Å². The zero-order chi connectivity index (χ0) is 21.9. The Hall–Kier alpha value is -0.560. The molecule has 0 amide bonds. The molecule has 172 valence electrons. The van der Waals surface area contributed by atoms with E-state index in [0.717, 1.165) is 42.4 Å². The van der Waals surface area contributed by atoms with Crippen molar-refractivity contribution in [3.05, 3.63) is 23.8 Å². The van der Waals surface area contributed by atoms with E-state index in [0.29, 0.717) is 17.3 Å². The quantitative estimate of drug-likeness (QED) is 0.434. The summed E-state index contributed by atoms with van der Waals surface area (Å²) in [6, 6.07) is 0. The highest BCUT2D eigenvalue weighted by molar-refractivity contribution is 5.27. The van der Waals surface area contributed by atoms with Crippen molar-refractivity contribution in [1.29, 1.82) is 0 Å². The lowest BCUT2D eigenvalue weighted by molar-refractivity contribution is 0.0158. The first-order valence-corrected chi connectivity index (χ1v) is 13.3. The van der Waals surface area contributed by atoms with Gasteiger partial charge in [0.25, 0.3) is 0 Å². The van der Waals surface area contributed by atoms with E-state index in [1.54, 1.807) is 5.57 Å². The van der Waals surface area contributed by atoms with Crippen LogP contribution >= 0.6 is 0 Å². The second-order valence-corrected chi connectivity index (χ2v) is 11.9. The van der Waals surface area contributed by atoms with Crippen molar-refractivity contribution in [2.24, 2.45) is 46.8 Å². The number of fused-ring (bicyclic) bond motifs is 3. The summed E-state index contributed by atoms with van der Waals surface area (Å²) in [5.74, 6) is 5.41. The van der Waals surface area contributed by atoms with Gasteiger partial charge in [0, 0.05) is 0 Å². The van der Waals surface area contributed by atoms with Gasteiger partial charge >= 0.3 is 0 Å². The molecule has 2 fully saturated rings. The predicted octanol–water partition coefficient (Wildman–Crippen LogP) is 8.19. The molecule has 8 unspecified atom stereocenters. The Morgan fingerprint density at radius 1 is 1.10 bits per heavy atom. The first-order chi connectivity index (χ1) is 14.3. The van der Waals surface area contributed by atoms with E-state index < -0.39 is 0 Å². The average molecular weight is 415 g/mol. The number of rotatable bonds is 6. The summed E-state index contributed by atoms with van der Waals surface area (Å²) in [6.07, 6.45) is 20.1. The summed E-state index contributed by atoms with van der Waals surface area (Å²) in [5.41, 5.74) is 2.05. The summed E-state index contributed by atoms with van der Waals surface area (Å²) in [7, 11) is 0. The summed E-state index contributed by atoms with van der Waals surface area (Å²) in [4.78, 5) is 0. The van der Waals surface area contributed by atoms with Gasteiger partial charge < -0.3 is 5.11 Å². The van der Waals surface area contributed by atoms with Crippen LogP contribution in [0.1, 0.15) is 106 Å². The van der Waals surface area contributed by atoms with Gasteiger partial charge in [-0.15, -0.1) is 0 Å². The smallest absolute Gasteiger partial charge is 0.0543 e. The molecule has 0 aromatic rings. The highest BCUT2D eigenvalue weighted by Gasteiger charge is 2.46. The zero-order valence-corrected chi connectivity index (χ0v) is 20.9. The molecule has 3 rings (SSSR count). The van der Waals surface area contributed by atoms with Gasteiger partial charge in [0.15, 0.2) is 0 Å². The summed E-state index contributed by atoms with van der Waals surface area (Å²) in [6.45, 7) is 14.7. The maximum atomic E-state index is 10.3. The van der Waals surface area contributed by atoms with E-state index in [2.05, 4.69) is 59.8 Å². The van der Waals surface area contributed by atoms with Crippen LogP contribution in [0.4, 0.5) is 0 Å². The van der Waals surface area contributed by atoms with Gasteiger partial charge in [0.1, 0.15) is 0 Å². The van der Waals surface area contributed by atoms with Gasteiger partial charge in [0.2, 0.25) is 0 Å². The Morgan fingerprint density at radius 2 is 1.87 bits per heavy atom. The van der Waals surface area contributed by atoms with Gasteiger partial charge in [-0.3, -0.25) is 0 Å². The molecular weight excluding hydrogens is 364 g/mol. The van der Waals surface area contributed by atoms with Gasteiger partial charge in [0.05, 0.1) is 6.10 Å². The van der Waals surface area contributed by atoms with Crippen LogP contribution < -0.4 is 0 Å². The fourth-order valence-electron chi connectivity index (χ4n) is 7.35. The Kier molecular flexibility index (Phi) is 8.33. The molecule has 8 atom stereocenters. The Morgan fingerprint density at radius 3 is 2.57 bits per heavy atom. The standard InChI is InChI=1S/C29H50O/c1-7-23(20(2)3)13-11-21(4)27-10-8-9-24-14-15-25-19-26(30)17-18-29(25,6)28(24)16-12-22(27)5/h8-9,16,20-27,30H,7,10-15,17-19H2,1-6H3. The number of hydrogen-bond acceptors (Lipinski definition) is 1. The molecule has 1 nitrogen and oxygen atoms in total. The van der Waals surface area contributed by atoms with E-state index in [1.165, 1.54) is 51.4 Å². The van der Waals surface area contributed by atoms with Crippen LogP contribution in [0, 0.1) is 46.8 Å². The summed E-state index contributed by atoms with van der Waals surface area (Å²) in [5, 5.41) is 10.3. The van der Waals surface area contributed by atoms with Crippen molar-refractivity contribution in [2.45, 2.75) is 112 Å². The monoisotopic (exact) mass is 414 g/mol. The van der Waals surface area contributed by atoms with Crippen molar-refractivity contribution in [3.8, 4) is 0 Å². The number of aliphatic hydroxyl groups is 1. The fraction of sp³-hybridized carbons (Fsp3) is 0.862. The molecule has 0 aliphatic heterocycles. The zero-order valence-electron chi connectivity index (χ0n) is 20.9. The number of aliphatic hydroxyl groups excluding tert-OH is 1. The molecule has 30 heavy (non-hydrogen) atoms. The van der Waals surface area contributed by atoms with E-state index in [-0.39, 0.29) is 6.10 Å². The van der Waals surface area contributed by atoms with E-state index in [1.807, 2.05) is 0 Å². The topological polar surface area (TPSA) is 20.2 Å². The minimum absolute atomic E-state index is 0.0611. The van der Waals surface area contributed by atoms with Crippen LogP contribution in [0.2, 0.25) is 0 Å². The lowest BCUT2D eigenvalue weighted by Gasteiger charge is -2.51. The van der Waals surface area contributed by atoms with Crippen molar-refractivity contribution >= 4 is 0 Å². The lowest BCUT2D eigenvalue weighted by atomic mass is 9.55. The van der Waals surface area contributed by atoms with Crippen molar-refractivity contribution in [2.75, 3.05) is 0 Å². The molecule has 0 saturated heterocycles. The van der Waals surface area contributed by atoms with Crippen LogP contribution in [-0.4, -0.2) is 11.2 Å². The third-order valence-electron chi connectivity index (χ3n) is 9.75. The molecule has 0 radical (unpaired) electrons. The predicted molar refractivity (Wildman–Crippen MR) is 130 cm³/mol. The average Bonchev–Trinajstić information content (AvgIpc) is 2.78. The molecular formula is C29H50O. The number of hydrogen-bond donors (Lipinski definition) is 1. The molecule has 1 heteroatoms. The third kappa shape index (κ3) is 5.25. The Labute approximate surface area is 187 Å². The van der Waals surface area contributed by atoms with Crippen LogP contribution in [0.15, 0.2) is 23.8 Å². The lowest BCUT2D eigenvalue weighted by Crippen LogP contribution is -2.42. The molecule has 2 saturated carbocycles. The van der Waals surface area contributed by atoms with Crippen LogP contribution in [0.5, 0.6) is 0 Å². The van der Waals surface area contributed by atoms with Crippen molar-refractivity contribution in [1.82, 2.24) is 0 Å². The molecule has 0 spiro atoms. The highest BCUT2D eigenvalue weighted by atomic mass is 16.3. The third-order valence-corrected chi connectivity index (χ3v) is 9.75. The van der Waals surface area contributed by atoms with Crippen LogP contribution in [-0.2, 0) is 0 Å². The second kappa shape index (κ2) is 10.4. The van der Waals surface area contributed by atoms with E-state index in [4.69, 9.17) is 0 Å². The second-order valence-electron chi connectivity index (χ2n) is 11.9. The Balaban J connectivity index is 1.72. The first-order valence-electron chi connectivity index (χ1n) is 13.3. The van der Waals surface area contributed by atoms with Gasteiger partial charge in [-0.2, -0.15) is 0 Å². The first kappa shape index (κ1) is 24.1. The van der Waals surface area contributed by atoms with Crippen molar-refractivity contribution in [3.63, 3.8) is 0 Å². The van der Waals surface area contributed by atoms with E-state index in [9.17, 15) is 5.11 Å². The molecule has 0 heterocycles. The SMILES string of the molecule is CCC(CCC(C)C1CC=CC2CCC3CC(O)CCC3(C)C2=CCC1C)C(C)C. The van der Waals surface area contributed by atoms with Crippen LogP contribution in [0.3, 0.4) is 0 Å². The maximum Gasteiger partial charge on any atom is 0.0543 e. The fourth-order valence-corrected chi connectivity index (χ4v) is 7.35. The molecule has 1 N–H and O–H groups in total. The van der Waals surface area contributed by atoms with Crippen LogP contribution in [0.25, 0.3) is 0 Å². The maximum absolute atomic E-state index is 10.3. The molecule has 0 aromatic heterocycles. The molecule has 3 aliphatic carbocycles. The van der Waals surface area contributed by atoms with Gasteiger partial charge in [-0.1, -0.05) is 78.2 Å². The normalized spacial score (nSPS) is 39.2. The van der Waals surface area contributed by atoms with Crippen molar-refractivity contribution < 1.29 is 5.11 Å². The minimum Gasteiger partial charge on any atom is -0.393 e. The largest absolute Gasteiger partial charge is 0.393 e.